The maximum absolute atomic E-state index is 12.9. The lowest BCUT2D eigenvalue weighted by atomic mass is 9.79. The Labute approximate surface area is 150 Å². The molecule has 0 unspecified atom stereocenters. The minimum Gasteiger partial charge on any atom is -0.381 e. The molecule has 2 heterocycles. The highest BCUT2D eigenvalue weighted by Gasteiger charge is 2.52. The summed E-state index contributed by atoms with van der Waals surface area (Å²) in [6.45, 7) is 7.58. The fraction of sp³-hybridized carbons (Fsp3) is 0.789. The fourth-order valence-electron chi connectivity index (χ4n) is 4.52. The summed E-state index contributed by atoms with van der Waals surface area (Å²) < 4.78 is 13.4. The number of nitrogens with zero attached hydrogens (tertiary/aromatic N) is 3. The van der Waals surface area contributed by atoms with Gasteiger partial charge in [-0.15, -0.1) is 0 Å². The number of ether oxygens (including phenoxy) is 2. The predicted molar refractivity (Wildman–Crippen MR) is 95.6 cm³/mol. The summed E-state index contributed by atoms with van der Waals surface area (Å²) in [4.78, 5) is 15.0. The number of fused-ring (bicyclic) bond motifs is 1. The molecular weight excluding hydrogens is 318 g/mol. The lowest BCUT2D eigenvalue weighted by molar-refractivity contribution is -0.141. The Morgan fingerprint density at radius 3 is 2.64 bits per heavy atom. The highest BCUT2D eigenvalue weighted by Crippen LogP contribution is 2.43. The number of aromatic nitrogens is 2. The Hall–Kier alpha value is -1.40. The normalized spacial score (nSPS) is 29.1. The molecule has 1 amide bonds. The molecule has 1 aromatic rings. The number of carbonyl (C=O) groups excluding carboxylic acids is 1. The van der Waals surface area contributed by atoms with Crippen molar-refractivity contribution < 1.29 is 14.3 Å². The van der Waals surface area contributed by atoms with E-state index in [2.05, 4.69) is 18.9 Å². The molecule has 0 N–H and O–H groups in total. The van der Waals surface area contributed by atoms with Gasteiger partial charge in [-0.3, -0.25) is 9.48 Å². The van der Waals surface area contributed by atoms with E-state index in [4.69, 9.17) is 9.47 Å². The Kier molecular flexibility index (Phi) is 5.21. The van der Waals surface area contributed by atoms with E-state index in [0.29, 0.717) is 13.0 Å². The number of likely N-dealkylation sites (tertiary alicyclic amines) is 1. The number of carbonyl (C=O) groups is 1. The molecule has 2 aliphatic rings. The van der Waals surface area contributed by atoms with Gasteiger partial charge >= 0.3 is 0 Å². The zero-order valence-corrected chi connectivity index (χ0v) is 16.2. The van der Waals surface area contributed by atoms with Crippen LogP contribution in [0.15, 0.2) is 0 Å². The third-order valence-electron chi connectivity index (χ3n) is 6.48. The van der Waals surface area contributed by atoms with Gasteiger partial charge in [0.1, 0.15) is 0 Å². The number of rotatable bonds is 5. The number of hydrogen-bond donors (Lipinski definition) is 0. The summed E-state index contributed by atoms with van der Waals surface area (Å²) >= 11 is 0. The molecule has 1 aromatic heterocycles. The highest BCUT2D eigenvalue weighted by atomic mass is 16.5. The molecular formula is C19H31N3O3. The summed E-state index contributed by atoms with van der Waals surface area (Å²) in [7, 11) is 3.55. The van der Waals surface area contributed by atoms with E-state index in [1.165, 1.54) is 5.56 Å². The second kappa shape index (κ2) is 7.08. The number of aryl methyl sites for hydroxylation is 2. The molecule has 1 aliphatic heterocycles. The first-order chi connectivity index (χ1) is 11.9. The monoisotopic (exact) mass is 349 g/mol. The van der Waals surface area contributed by atoms with Crippen LogP contribution in [-0.2, 0) is 20.8 Å². The van der Waals surface area contributed by atoms with Gasteiger partial charge in [0.25, 0.3) is 0 Å². The third-order valence-corrected chi connectivity index (χ3v) is 6.48. The smallest absolute Gasteiger partial charge is 0.224 e. The molecule has 6 heteroatoms. The predicted octanol–water partition coefficient (Wildman–Crippen LogP) is 2.38. The summed E-state index contributed by atoms with van der Waals surface area (Å²) in [5, 5.41) is 4.55. The van der Waals surface area contributed by atoms with Crippen LogP contribution < -0.4 is 0 Å². The molecule has 3 atom stereocenters. The van der Waals surface area contributed by atoms with Crippen molar-refractivity contribution in [3.63, 3.8) is 0 Å². The molecule has 0 bridgehead atoms. The quantitative estimate of drug-likeness (QED) is 0.819. The second-order valence-electron chi connectivity index (χ2n) is 7.52. The first kappa shape index (κ1) is 18.4. The van der Waals surface area contributed by atoms with Gasteiger partial charge in [-0.25, -0.2) is 0 Å². The summed E-state index contributed by atoms with van der Waals surface area (Å²) in [5.74, 6) is 0.200. The Balaban J connectivity index is 1.68. The maximum Gasteiger partial charge on any atom is 0.224 e. The molecule has 0 aromatic carbocycles. The molecule has 140 valence electrons. The van der Waals surface area contributed by atoms with Gasteiger partial charge in [-0.05, 0) is 52.0 Å². The van der Waals surface area contributed by atoms with Crippen LogP contribution in [0, 0.1) is 20.8 Å². The minimum atomic E-state index is -0.181. The van der Waals surface area contributed by atoms with Crippen molar-refractivity contribution in [1.82, 2.24) is 14.7 Å². The number of hydrogen-bond acceptors (Lipinski definition) is 4. The van der Waals surface area contributed by atoms with Gasteiger partial charge < -0.3 is 14.4 Å². The Morgan fingerprint density at radius 2 is 2.04 bits per heavy atom. The first-order valence-electron chi connectivity index (χ1n) is 9.30. The maximum atomic E-state index is 12.9. The lowest BCUT2D eigenvalue weighted by Crippen LogP contribution is -2.53. The van der Waals surface area contributed by atoms with Crippen LogP contribution >= 0.6 is 0 Å². The summed E-state index contributed by atoms with van der Waals surface area (Å²) in [6, 6.07) is 0.130. The summed E-state index contributed by atoms with van der Waals surface area (Å²) in [5.41, 5.74) is 3.22. The topological polar surface area (TPSA) is 56.6 Å². The van der Waals surface area contributed by atoms with Crippen molar-refractivity contribution in [3.05, 3.63) is 17.0 Å². The van der Waals surface area contributed by atoms with E-state index in [1.54, 1.807) is 14.2 Å². The van der Waals surface area contributed by atoms with Crippen molar-refractivity contribution in [3.8, 4) is 0 Å². The standard InChI is InChI=1S/C19H31N3O3/c1-13-14(2)20-22(15(13)3)10-7-18(23)21-11-9-19(25-5)8-6-16(24-4)12-17(19)21/h16-17H,6-12H2,1-5H3/t16-,17+,19-/m1/s1. The minimum absolute atomic E-state index is 0.130. The SMILES string of the molecule is CO[C@@H]1CC[C@@]2(OC)CCN(C(=O)CCn3nc(C)c(C)c3C)[C@H]2C1. The zero-order chi connectivity index (χ0) is 18.2. The van der Waals surface area contributed by atoms with Crippen molar-refractivity contribution >= 4 is 5.91 Å². The molecule has 3 rings (SSSR count). The van der Waals surface area contributed by atoms with Gasteiger partial charge in [-0.2, -0.15) is 5.10 Å². The van der Waals surface area contributed by atoms with Crippen LogP contribution in [-0.4, -0.2) is 59.1 Å². The van der Waals surface area contributed by atoms with Crippen LogP contribution in [0.5, 0.6) is 0 Å². The molecule has 0 spiro atoms. The lowest BCUT2D eigenvalue weighted by Gasteiger charge is -2.43. The zero-order valence-electron chi connectivity index (χ0n) is 16.2. The molecule has 1 saturated heterocycles. The van der Waals surface area contributed by atoms with Crippen LogP contribution in [0.2, 0.25) is 0 Å². The van der Waals surface area contributed by atoms with E-state index in [0.717, 1.165) is 43.6 Å². The Morgan fingerprint density at radius 1 is 1.28 bits per heavy atom. The van der Waals surface area contributed by atoms with Crippen molar-refractivity contribution in [1.29, 1.82) is 0 Å². The van der Waals surface area contributed by atoms with E-state index in [1.807, 2.05) is 16.5 Å². The second-order valence-corrected chi connectivity index (χ2v) is 7.52. The van der Waals surface area contributed by atoms with Crippen LogP contribution in [0.4, 0.5) is 0 Å². The van der Waals surface area contributed by atoms with Gasteiger partial charge in [-0.1, -0.05) is 0 Å². The van der Waals surface area contributed by atoms with Crippen molar-refractivity contribution in [2.75, 3.05) is 20.8 Å². The molecule has 2 fully saturated rings. The van der Waals surface area contributed by atoms with Gasteiger partial charge in [0.2, 0.25) is 5.91 Å². The van der Waals surface area contributed by atoms with E-state index >= 15 is 0 Å². The van der Waals surface area contributed by atoms with Gasteiger partial charge in [0, 0.05) is 39.4 Å². The van der Waals surface area contributed by atoms with E-state index in [9.17, 15) is 4.79 Å². The molecule has 1 aliphatic carbocycles. The molecule has 6 nitrogen and oxygen atoms in total. The van der Waals surface area contributed by atoms with Crippen LogP contribution in [0.25, 0.3) is 0 Å². The third kappa shape index (κ3) is 3.22. The molecule has 1 saturated carbocycles. The van der Waals surface area contributed by atoms with E-state index in [-0.39, 0.29) is 23.7 Å². The van der Waals surface area contributed by atoms with Gasteiger partial charge in [0.15, 0.2) is 0 Å². The van der Waals surface area contributed by atoms with Gasteiger partial charge in [0.05, 0.1) is 23.4 Å². The highest BCUT2D eigenvalue weighted by molar-refractivity contribution is 5.77. The fourth-order valence-corrected chi connectivity index (χ4v) is 4.52. The van der Waals surface area contributed by atoms with Crippen LogP contribution in [0.3, 0.4) is 0 Å². The van der Waals surface area contributed by atoms with Crippen molar-refractivity contribution in [2.45, 2.75) is 77.2 Å². The number of methoxy groups -OCH3 is 2. The molecule has 0 radical (unpaired) electrons. The van der Waals surface area contributed by atoms with E-state index < -0.39 is 0 Å². The van der Waals surface area contributed by atoms with Crippen molar-refractivity contribution in [2.24, 2.45) is 0 Å². The summed E-state index contributed by atoms with van der Waals surface area (Å²) in [6.07, 6.45) is 4.47. The first-order valence-corrected chi connectivity index (χ1v) is 9.30. The average Bonchev–Trinajstić information content (AvgIpc) is 3.12. The largest absolute Gasteiger partial charge is 0.381 e. The number of amides is 1. The van der Waals surface area contributed by atoms with Crippen LogP contribution in [0.1, 0.15) is 49.1 Å². The average molecular weight is 349 g/mol. The Bertz CT molecular complexity index is 642. The molecule has 25 heavy (non-hydrogen) atoms.